The number of aryl methyl sites for hydroxylation is 2. The molecule has 1 unspecified atom stereocenters. The van der Waals surface area contributed by atoms with Gasteiger partial charge in [0.05, 0.1) is 12.6 Å². The molecule has 8 N–H and O–H groups in total. The first-order valence-corrected chi connectivity index (χ1v) is 11.6. The second kappa shape index (κ2) is 19.6. The van der Waals surface area contributed by atoms with E-state index < -0.39 is 0 Å². The van der Waals surface area contributed by atoms with Crippen molar-refractivity contribution in [1.29, 1.82) is 0 Å². The lowest BCUT2D eigenvalue weighted by Gasteiger charge is -2.17. The second-order valence-corrected chi connectivity index (χ2v) is 9.12. The quantitative estimate of drug-likeness (QED) is 0.229. The number of benzene rings is 2. The van der Waals surface area contributed by atoms with Crippen LogP contribution in [0.5, 0.6) is 0 Å². The Kier molecular flexibility index (Phi) is 20.5. The molecule has 32 heavy (non-hydrogen) atoms. The van der Waals surface area contributed by atoms with Crippen molar-refractivity contribution >= 4 is 0 Å². The van der Waals surface area contributed by atoms with Gasteiger partial charge in [0.2, 0.25) is 0 Å². The molecule has 6 heteroatoms. The van der Waals surface area contributed by atoms with E-state index in [1.165, 1.54) is 56.2 Å². The maximum atomic E-state index is 4.39. The Morgan fingerprint density at radius 3 is 1.56 bits per heavy atom. The van der Waals surface area contributed by atoms with Crippen molar-refractivity contribution in [3.8, 4) is 0 Å². The molecule has 2 atom stereocenters. The zero-order valence-electron chi connectivity index (χ0n) is 19.9. The average molecular weight is 505 g/mol. The number of nitrogens with two attached hydrogens (primary N) is 1. The fraction of sp³-hybridized carbons (Fsp3) is 0.538. The monoisotopic (exact) mass is 503 g/mol. The van der Waals surface area contributed by atoms with Gasteiger partial charge in [-0.2, -0.15) is 0 Å². The molecule has 0 spiro atoms. The number of hydrogen-bond donors (Lipinski definition) is 3. The molecule has 3 nitrogen and oxygen atoms in total. The summed E-state index contributed by atoms with van der Waals surface area (Å²) < 4.78 is 0. The zero-order chi connectivity index (χ0) is 20.9. The summed E-state index contributed by atoms with van der Waals surface area (Å²) >= 11 is 0. The Morgan fingerprint density at radius 2 is 1.12 bits per heavy atom. The maximum absolute atomic E-state index is 4.39. The van der Waals surface area contributed by atoms with Gasteiger partial charge in [0.25, 0.3) is 0 Å². The average Bonchev–Trinajstić information content (AvgIpc) is 2.74. The van der Waals surface area contributed by atoms with Crippen LogP contribution in [-0.2, 0) is 12.8 Å². The minimum Gasteiger partial charge on any atom is -1.00 e. The molecule has 0 heterocycles. The van der Waals surface area contributed by atoms with E-state index in [1.54, 1.807) is 0 Å². The van der Waals surface area contributed by atoms with Crippen LogP contribution in [0.25, 0.3) is 0 Å². The first kappa shape index (κ1) is 33.4. The van der Waals surface area contributed by atoms with Crippen LogP contribution in [0.2, 0.25) is 0 Å². The van der Waals surface area contributed by atoms with E-state index in [0.29, 0.717) is 18.0 Å². The third-order valence-corrected chi connectivity index (χ3v) is 6.26. The summed E-state index contributed by atoms with van der Waals surface area (Å²) in [5, 5.41) is 2.52. The highest BCUT2D eigenvalue weighted by Gasteiger charge is 2.17. The summed E-state index contributed by atoms with van der Waals surface area (Å²) in [5.74, 6) is 1.42. The van der Waals surface area contributed by atoms with Gasteiger partial charge in [0, 0.05) is 24.7 Å². The zero-order valence-corrected chi connectivity index (χ0v) is 22.1. The van der Waals surface area contributed by atoms with Gasteiger partial charge < -0.3 is 54.0 Å². The molecule has 184 valence electrons. The summed E-state index contributed by atoms with van der Waals surface area (Å²) in [7, 11) is 0. The minimum atomic E-state index is 0. The highest BCUT2D eigenvalue weighted by molar-refractivity contribution is 5.15. The first-order valence-electron chi connectivity index (χ1n) is 11.6. The van der Waals surface area contributed by atoms with Crippen molar-refractivity contribution in [1.82, 2.24) is 0 Å². The Labute approximate surface area is 214 Å². The van der Waals surface area contributed by atoms with Gasteiger partial charge in [-0.25, -0.2) is 0 Å². The molecule has 0 saturated heterocycles. The molecule has 0 saturated carbocycles. The second-order valence-electron chi connectivity index (χ2n) is 9.12. The highest BCUT2D eigenvalue weighted by atomic mass is 35.5. The van der Waals surface area contributed by atoms with E-state index in [-0.39, 0.29) is 37.2 Å². The smallest absolute Gasteiger partial charge is 0.134 e. The van der Waals surface area contributed by atoms with Gasteiger partial charge in [-0.1, -0.05) is 74.5 Å². The maximum Gasteiger partial charge on any atom is 0.134 e. The molecule has 0 radical (unpaired) electrons. The van der Waals surface area contributed by atoms with Crippen molar-refractivity contribution in [2.24, 2.45) is 11.8 Å². The number of quaternary nitrogens is 3. The third kappa shape index (κ3) is 14.4. The van der Waals surface area contributed by atoms with Gasteiger partial charge in [-0.05, 0) is 36.8 Å². The van der Waals surface area contributed by atoms with E-state index >= 15 is 0 Å². The van der Waals surface area contributed by atoms with Crippen LogP contribution < -0.4 is 54.0 Å². The summed E-state index contributed by atoms with van der Waals surface area (Å²) in [6.07, 6.45) is 7.29. The lowest BCUT2D eigenvalue weighted by molar-refractivity contribution is -0.686. The number of rotatable bonds is 14. The fourth-order valence-electron chi connectivity index (χ4n) is 3.88. The van der Waals surface area contributed by atoms with Crippen LogP contribution in [-0.4, -0.2) is 25.2 Å². The predicted molar refractivity (Wildman–Crippen MR) is 122 cm³/mol. The first-order chi connectivity index (χ1) is 14.0. The van der Waals surface area contributed by atoms with Gasteiger partial charge in [-0.15, -0.1) is 0 Å². The highest BCUT2D eigenvalue weighted by Crippen LogP contribution is 2.15. The van der Waals surface area contributed by atoms with Gasteiger partial charge in [0.1, 0.15) is 12.6 Å². The molecule has 2 aromatic carbocycles. The molecule has 0 fully saturated rings. The lowest BCUT2D eigenvalue weighted by Crippen LogP contribution is -3.00. The Morgan fingerprint density at radius 1 is 0.656 bits per heavy atom. The van der Waals surface area contributed by atoms with Crippen molar-refractivity contribution in [3.63, 3.8) is 0 Å². The number of hydrogen-bond acceptors (Lipinski definition) is 0. The predicted octanol–water partition coefficient (Wildman–Crippen LogP) is -6.90. The van der Waals surface area contributed by atoms with Crippen LogP contribution in [0, 0.1) is 11.8 Å². The Hall–Kier alpha value is -0.810. The molecule has 0 bridgehead atoms. The van der Waals surface area contributed by atoms with Crippen molar-refractivity contribution in [2.75, 3.05) is 13.1 Å². The van der Waals surface area contributed by atoms with Gasteiger partial charge in [-0.3, -0.25) is 0 Å². The summed E-state index contributed by atoms with van der Waals surface area (Å²) in [6, 6.07) is 22.9. The van der Waals surface area contributed by atoms with E-state index in [0.717, 1.165) is 12.5 Å². The van der Waals surface area contributed by atoms with Crippen molar-refractivity contribution in [3.05, 3.63) is 71.8 Å². The van der Waals surface area contributed by atoms with Crippen molar-refractivity contribution in [2.45, 2.75) is 64.5 Å². The Balaban J connectivity index is 0. The molecule has 2 aromatic rings. The van der Waals surface area contributed by atoms with Crippen molar-refractivity contribution < 1.29 is 54.0 Å². The van der Waals surface area contributed by atoms with Crippen LogP contribution in [0.4, 0.5) is 0 Å². The van der Waals surface area contributed by atoms with Gasteiger partial charge in [0.15, 0.2) is 0 Å². The van der Waals surface area contributed by atoms with Gasteiger partial charge >= 0.3 is 0 Å². The SMILES string of the molecule is CC(C)C([NH3+])CC[C@H]([NH3+])C[NH2+]CC(CCc1ccccc1)CCc1ccccc1.[Cl-].[Cl-].[Cl-]. The van der Waals surface area contributed by atoms with Crippen LogP contribution in [0.15, 0.2) is 60.7 Å². The largest absolute Gasteiger partial charge is 1.00 e. The third-order valence-electron chi connectivity index (χ3n) is 6.26. The van der Waals surface area contributed by atoms with E-state index in [9.17, 15) is 0 Å². The standard InChI is InChI=1S/C26H41N3.3ClH/c1-21(2)26(28)18-17-25(27)20-29-19-24(15-13-22-9-5-3-6-10-22)16-14-23-11-7-4-8-12-23;;;/h3-12,21,24-26,29H,13-20,27-28H2,1-2H3;3*1H/t25-,26?;;;/m0.../s1. The normalized spacial score (nSPS) is 12.4. The summed E-state index contributed by atoms with van der Waals surface area (Å²) in [5.41, 5.74) is 11.6. The molecule has 0 aromatic heterocycles. The number of halogens is 3. The van der Waals surface area contributed by atoms with Crippen LogP contribution >= 0.6 is 0 Å². The van der Waals surface area contributed by atoms with Crippen LogP contribution in [0.1, 0.15) is 50.7 Å². The summed E-state index contributed by atoms with van der Waals surface area (Å²) in [6.45, 7) is 6.89. The Bertz CT molecular complexity index is 612. The molecular formula is C26H44Cl3N3. The molecule has 0 aliphatic heterocycles. The van der Waals surface area contributed by atoms with E-state index in [4.69, 9.17) is 0 Å². The fourth-order valence-corrected chi connectivity index (χ4v) is 3.88. The minimum absolute atomic E-state index is 0. The topological polar surface area (TPSA) is 71.9 Å². The van der Waals surface area contributed by atoms with Crippen LogP contribution in [0.3, 0.4) is 0 Å². The molecule has 0 aliphatic rings. The molecular weight excluding hydrogens is 461 g/mol. The van der Waals surface area contributed by atoms with E-state index in [1.807, 2.05) is 0 Å². The lowest BCUT2D eigenvalue weighted by atomic mass is 9.93. The molecule has 2 rings (SSSR count). The van der Waals surface area contributed by atoms with E-state index in [2.05, 4.69) is 91.3 Å². The summed E-state index contributed by atoms with van der Waals surface area (Å²) in [4.78, 5) is 0. The molecule has 0 aliphatic carbocycles. The molecule has 0 amide bonds.